The Hall–Kier alpha value is -2.38. The van der Waals surface area contributed by atoms with Crippen molar-refractivity contribution in [1.82, 2.24) is 9.97 Å². The molecular weight excluding hydrogens is 326 g/mol. The predicted molar refractivity (Wildman–Crippen MR) is 88.5 cm³/mol. The van der Waals surface area contributed by atoms with Gasteiger partial charge in [0.25, 0.3) is 0 Å². The summed E-state index contributed by atoms with van der Waals surface area (Å²) in [6.07, 6.45) is 1.83. The number of aryl methyl sites for hydroxylation is 1. The first kappa shape index (κ1) is 13.6. The summed E-state index contributed by atoms with van der Waals surface area (Å²) in [6, 6.07) is 16.0. The Bertz CT molecular complexity index is 884. The molecule has 0 aliphatic heterocycles. The van der Waals surface area contributed by atoms with E-state index < -0.39 is 0 Å². The molecule has 1 heterocycles. The molecule has 0 atom stereocenters. The predicted octanol–water partition coefficient (Wildman–Crippen LogP) is 4.70. The van der Waals surface area contributed by atoms with E-state index in [1.54, 1.807) is 0 Å². The second-order valence-corrected chi connectivity index (χ2v) is 5.75. The SMILES string of the molecule is Cc1ccc2nc(/C(C#N)=C\c3cccc(Br)c3)[nH]c2c1. The summed E-state index contributed by atoms with van der Waals surface area (Å²) in [4.78, 5) is 7.69. The molecule has 3 aromatic rings. The van der Waals surface area contributed by atoms with E-state index in [0.29, 0.717) is 11.4 Å². The van der Waals surface area contributed by atoms with Gasteiger partial charge in [-0.15, -0.1) is 0 Å². The van der Waals surface area contributed by atoms with Crippen LogP contribution in [0.5, 0.6) is 0 Å². The summed E-state index contributed by atoms with van der Waals surface area (Å²) in [7, 11) is 0. The van der Waals surface area contributed by atoms with Crippen molar-refractivity contribution < 1.29 is 0 Å². The van der Waals surface area contributed by atoms with Crippen LogP contribution in [0.4, 0.5) is 0 Å². The Labute approximate surface area is 131 Å². The van der Waals surface area contributed by atoms with Crippen LogP contribution in [0.1, 0.15) is 17.0 Å². The van der Waals surface area contributed by atoms with E-state index in [1.165, 1.54) is 0 Å². The monoisotopic (exact) mass is 337 g/mol. The molecule has 3 nitrogen and oxygen atoms in total. The zero-order chi connectivity index (χ0) is 14.8. The number of aromatic amines is 1. The van der Waals surface area contributed by atoms with E-state index in [2.05, 4.69) is 32.0 Å². The van der Waals surface area contributed by atoms with Crippen LogP contribution in [0.25, 0.3) is 22.7 Å². The Morgan fingerprint density at radius 1 is 1.29 bits per heavy atom. The summed E-state index contributed by atoms with van der Waals surface area (Å²) in [5, 5.41) is 9.40. The van der Waals surface area contributed by atoms with Crippen LogP contribution in [0.15, 0.2) is 46.9 Å². The van der Waals surface area contributed by atoms with Crippen molar-refractivity contribution in [2.24, 2.45) is 0 Å². The maximum Gasteiger partial charge on any atom is 0.149 e. The minimum atomic E-state index is 0.516. The van der Waals surface area contributed by atoms with Crippen molar-refractivity contribution in [2.75, 3.05) is 0 Å². The summed E-state index contributed by atoms with van der Waals surface area (Å²) in [5.41, 5.74) is 4.44. The maximum atomic E-state index is 9.40. The lowest BCUT2D eigenvalue weighted by atomic mass is 10.1. The molecule has 0 amide bonds. The van der Waals surface area contributed by atoms with E-state index in [4.69, 9.17) is 0 Å². The summed E-state index contributed by atoms with van der Waals surface area (Å²) < 4.78 is 0.980. The average Bonchev–Trinajstić information content (AvgIpc) is 2.87. The number of benzene rings is 2. The van der Waals surface area contributed by atoms with Crippen molar-refractivity contribution >= 4 is 38.6 Å². The van der Waals surface area contributed by atoms with Gasteiger partial charge in [0.15, 0.2) is 0 Å². The zero-order valence-electron chi connectivity index (χ0n) is 11.4. The molecule has 0 radical (unpaired) electrons. The summed E-state index contributed by atoms with van der Waals surface area (Å²) in [5.74, 6) is 0.595. The third-order valence-electron chi connectivity index (χ3n) is 3.17. The van der Waals surface area contributed by atoms with Crippen molar-refractivity contribution in [2.45, 2.75) is 6.92 Å². The third kappa shape index (κ3) is 2.88. The number of allylic oxidation sites excluding steroid dienone is 1. The zero-order valence-corrected chi connectivity index (χ0v) is 13.0. The van der Waals surface area contributed by atoms with Gasteiger partial charge < -0.3 is 4.98 Å². The Kier molecular flexibility index (Phi) is 3.59. The molecule has 3 rings (SSSR count). The van der Waals surface area contributed by atoms with Crippen LogP contribution < -0.4 is 0 Å². The van der Waals surface area contributed by atoms with Gasteiger partial charge in [-0.3, -0.25) is 0 Å². The topological polar surface area (TPSA) is 52.5 Å². The Morgan fingerprint density at radius 3 is 2.90 bits per heavy atom. The van der Waals surface area contributed by atoms with Crippen molar-refractivity contribution in [3.05, 3.63) is 63.9 Å². The molecule has 0 saturated heterocycles. The van der Waals surface area contributed by atoms with Crippen LogP contribution in [0, 0.1) is 18.3 Å². The smallest absolute Gasteiger partial charge is 0.149 e. The van der Waals surface area contributed by atoms with Crippen LogP contribution in [-0.4, -0.2) is 9.97 Å². The van der Waals surface area contributed by atoms with E-state index >= 15 is 0 Å². The Balaban J connectivity index is 2.08. The fraction of sp³-hybridized carbons (Fsp3) is 0.0588. The molecule has 0 fully saturated rings. The maximum absolute atomic E-state index is 9.40. The van der Waals surface area contributed by atoms with Crippen LogP contribution >= 0.6 is 15.9 Å². The molecule has 0 bridgehead atoms. The van der Waals surface area contributed by atoms with Gasteiger partial charge >= 0.3 is 0 Å². The van der Waals surface area contributed by atoms with Crippen molar-refractivity contribution in [3.8, 4) is 6.07 Å². The van der Waals surface area contributed by atoms with E-state index in [1.807, 2.05) is 55.5 Å². The lowest BCUT2D eigenvalue weighted by Gasteiger charge is -1.96. The van der Waals surface area contributed by atoms with Crippen LogP contribution in [0.2, 0.25) is 0 Å². The van der Waals surface area contributed by atoms with Crippen LogP contribution in [-0.2, 0) is 0 Å². The number of fused-ring (bicyclic) bond motifs is 1. The minimum Gasteiger partial charge on any atom is -0.337 e. The number of H-pyrrole nitrogens is 1. The average molecular weight is 338 g/mol. The number of aromatic nitrogens is 2. The lowest BCUT2D eigenvalue weighted by molar-refractivity contribution is 1.27. The molecule has 2 aromatic carbocycles. The molecule has 1 aromatic heterocycles. The molecule has 4 heteroatoms. The highest BCUT2D eigenvalue weighted by Crippen LogP contribution is 2.21. The van der Waals surface area contributed by atoms with E-state index in [-0.39, 0.29) is 0 Å². The highest BCUT2D eigenvalue weighted by molar-refractivity contribution is 9.10. The molecular formula is C17H12BrN3. The molecule has 0 saturated carbocycles. The number of imidazole rings is 1. The number of nitrogens with zero attached hydrogens (tertiary/aromatic N) is 2. The van der Waals surface area contributed by atoms with Gasteiger partial charge in [0.2, 0.25) is 0 Å². The van der Waals surface area contributed by atoms with Gasteiger partial charge in [-0.05, 0) is 48.4 Å². The van der Waals surface area contributed by atoms with Gasteiger partial charge in [0.1, 0.15) is 11.9 Å². The highest BCUT2D eigenvalue weighted by atomic mass is 79.9. The van der Waals surface area contributed by atoms with Crippen LogP contribution in [0.3, 0.4) is 0 Å². The second kappa shape index (κ2) is 5.55. The number of rotatable bonds is 2. The molecule has 0 aliphatic carbocycles. The van der Waals surface area contributed by atoms with Gasteiger partial charge in [-0.25, -0.2) is 4.98 Å². The highest BCUT2D eigenvalue weighted by Gasteiger charge is 2.08. The summed E-state index contributed by atoms with van der Waals surface area (Å²) >= 11 is 3.43. The van der Waals surface area contributed by atoms with Gasteiger partial charge in [0, 0.05) is 4.47 Å². The van der Waals surface area contributed by atoms with Crippen molar-refractivity contribution in [1.29, 1.82) is 5.26 Å². The quantitative estimate of drug-likeness (QED) is 0.689. The first-order valence-corrected chi connectivity index (χ1v) is 7.29. The molecule has 21 heavy (non-hydrogen) atoms. The van der Waals surface area contributed by atoms with Gasteiger partial charge in [-0.2, -0.15) is 5.26 Å². The van der Waals surface area contributed by atoms with Gasteiger partial charge in [0.05, 0.1) is 16.6 Å². The van der Waals surface area contributed by atoms with Gasteiger partial charge in [-0.1, -0.05) is 34.1 Å². The fourth-order valence-electron chi connectivity index (χ4n) is 2.17. The first-order valence-electron chi connectivity index (χ1n) is 6.50. The standard InChI is InChI=1S/C17H12BrN3/c1-11-5-6-15-16(7-11)21-17(20-15)13(10-19)8-12-3-2-4-14(18)9-12/h2-9H,1H3,(H,20,21)/b13-8-. The number of nitriles is 1. The molecule has 0 unspecified atom stereocenters. The summed E-state index contributed by atoms with van der Waals surface area (Å²) in [6.45, 7) is 2.03. The van der Waals surface area contributed by atoms with E-state index in [9.17, 15) is 5.26 Å². The molecule has 0 spiro atoms. The second-order valence-electron chi connectivity index (χ2n) is 4.83. The largest absolute Gasteiger partial charge is 0.337 e. The number of hydrogen-bond acceptors (Lipinski definition) is 2. The fourth-order valence-corrected chi connectivity index (χ4v) is 2.58. The molecule has 0 aliphatic rings. The third-order valence-corrected chi connectivity index (χ3v) is 3.67. The molecule has 102 valence electrons. The normalized spacial score (nSPS) is 11.6. The number of halogens is 1. The number of hydrogen-bond donors (Lipinski definition) is 1. The van der Waals surface area contributed by atoms with E-state index in [0.717, 1.165) is 26.6 Å². The minimum absolute atomic E-state index is 0.516. The number of nitrogens with one attached hydrogen (secondary N) is 1. The van der Waals surface area contributed by atoms with Crippen molar-refractivity contribution in [3.63, 3.8) is 0 Å². The molecule has 1 N–H and O–H groups in total. The Morgan fingerprint density at radius 2 is 2.14 bits per heavy atom. The lowest BCUT2D eigenvalue weighted by Crippen LogP contribution is -1.85. The first-order chi connectivity index (χ1) is 10.2.